The van der Waals surface area contributed by atoms with Crippen LogP contribution in [-0.4, -0.2) is 27.2 Å². The van der Waals surface area contributed by atoms with Crippen LogP contribution in [0.2, 0.25) is 0 Å². The van der Waals surface area contributed by atoms with Crippen molar-refractivity contribution < 1.29 is 4.39 Å². The van der Waals surface area contributed by atoms with E-state index in [4.69, 9.17) is 10.7 Å². The van der Waals surface area contributed by atoms with Gasteiger partial charge in [-0.2, -0.15) is 5.26 Å². The second-order valence-electron chi connectivity index (χ2n) is 7.35. The van der Waals surface area contributed by atoms with Crippen molar-refractivity contribution in [3.05, 3.63) is 83.6 Å². The molecule has 0 aliphatic carbocycles. The molecule has 1 saturated heterocycles. The fraction of sp³-hybridized carbons (Fsp3) is 0.208. The number of likely N-dealkylation sites (tertiary alicyclic amines) is 1. The lowest BCUT2D eigenvalue weighted by molar-refractivity contribution is 0.244. The van der Waals surface area contributed by atoms with E-state index in [-0.39, 0.29) is 11.9 Å². The molecule has 3 aromatic rings. The molecule has 0 amide bonds. The van der Waals surface area contributed by atoms with Crippen LogP contribution >= 0.6 is 0 Å². The molecular weight excluding hydrogens is 377 g/mol. The van der Waals surface area contributed by atoms with Crippen molar-refractivity contribution in [2.45, 2.75) is 25.3 Å². The van der Waals surface area contributed by atoms with E-state index >= 15 is 0 Å². The lowest BCUT2D eigenvalue weighted by Gasteiger charge is -2.37. The quantitative estimate of drug-likeness (QED) is 0.461. The van der Waals surface area contributed by atoms with Gasteiger partial charge >= 0.3 is 0 Å². The first-order valence-electron chi connectivity index (χ1n) is 9.98. The smallest absolute Gasteiger partial charge is 0.130 e. The molecule has 5 nitrogen and oxygen atoms in total. The maximum atomic E-state index is 13.7. The molecule has 0 saturated carbocycles. The first-order chi connectivity index (χ1) is 14.6. The van der Waals surface area contributed by atoms with Gasteiger partial charge in [-0.25, -0.2) is 9.37 Å². The first kappa shape index (κ1) is 19.6. The minimum Gasteiger partial charge on any atom is -0.350 e. The van der Waals surface area contributed by atoms with Crippen LogP contribution in [0, 0.1) is 22.6 Å². The summed E-state index contributed by atoms with van der Waals surface area (Å²) in [7, 11) is 0. The molecule has 0 unspecified atom stereocenters. The van der Waals surface area contributed by atoms with Gasteiger partial charge in [-0.15, -0.1) is 0 Å². The summed E-state index contributed by atoms with van der Waals surface area (Å²) < 4.78 is 13.7. The van der Waals surface area contributed by atoms with E-state index in [1.54, 1.807) is 42.6 Å². The number of amidine groups is 1. The molecule has 150 valence electrons. The van der Waals surface area contributed by atoms with Gasteiger partial charge in [-0.05, 0) is 61.2 Å². The maximum Gasteiger partial charge on any atom is 0.130 e. The number of nitrogens with one attached hydrogen (secondary N) is 2. The number of H-pyrrole nitrogens is 1. The highest BCUT2D eigenvalue weighted by Gasteiger charge is 2.25. The standard InChI is InChI=1S/C24H22FN5/c25-20-8-4-7-19(14-20)22-9-1-2-12-30(22)23(27)10-11-24-28-16-21(29-24)18-6-3-5-17(13-18)15-26/h3-8,10-11,13-14,16,22,27H,1-2,9,12H2,(H,28,29)/b11-10-,27-23?/t22-/m1/s1. The lowest BCUT2D eigenvalue weighted by Crippen LogP contribution is -2.37. The van der Waals surface area contributed by atoms with E-state index in [2.05, 4.69) is 16.0 Å². The molecule has 2 heterocycles. The highest BCUT2D eigenvalue weighted by Crippen LogP contribution is 2.31. The van der Waals surface area contributed by atoms with Crippen LogP contribution in [0.4, 0.5) is 4.39 Å². The summed E-state index contributed by atoms with van der Waals surface area (Å²) in [6, 6.07) is 16.1. The third-order valence-corrected chi connectivity index (χ3v) is 5.34. The molecule has 1 fully saturated rings. The summed E-state index contributed by atoms with van der Waals surface area (Å²) in [4.78, 5) is 9.60. The molecule has 2 N–H and O–H groups in total. The van der Waals surface area contributed by atoms with Gasteiger partial charge in [0.1, 0.15) is 17.5 Å². The number of nitriles is 1. The third-order valence-electron chi connectivity index (χ3n) is 5.34. The summed E-state index contributed by atoms with van der Waals surface area (Å²) in [6.45, 7) is 0.773. The van der Waals surface area contributed by atoms with Crippen LogP contribution in [0.15, 0.2) is 60.8 Å². The number of imidazole rings is 1. The number of halogens is 1. The van der Waals surface area contributed by atoms with Gasteiger partial charge in [0.05, 0.1) is 29.6 Å². The molecule has 1 atom stereocenters. The van der Waals surface area contributed by atoms with Crippen LogP contribution in [0.3, 0.4) is 0 Å². The Morgan fingerprint density at radius 2 is 2.10 bits per heavy atom. The normalized spacial score (nSPS) is 16.5. The SMILES string of the molecule is N#Cc1cccc(-c2cnc(/C=C\C(=N)N3CCCC[C@@H]3c3cccc(F)c3)[nH]2)c1. The number of aromatic amines is 1. The van der Waals surface area contributed by atoms with E-state index in [9.17, 15) is 4.39 Å². The summed E-state index contributed by atoms with van der Waals surface area (Å²) in [5, 5.41) is 17.6. The molecule has 1 aliphatic heterocycles. The Morgan fingerprint density at radius 1 is 1.23 bits per heavy atom. The van der Waals surface area contributed by atoms with E-state index in [1.165, 1.54) is 6.07 Å². The summed E-state index contributed by atoms with van der Waals surface area (Å²) in [6.07, 6.45) is 8.21. The van der Waals surface area contributed by atoms with Crippen LogP contribution in [0.25, 0.3) is 17.3 Å². The van der Waals surface area contributed by atoms with Crippen molar-refractivity contribution in [3.63, 3.8) is 0 Å². The zero-order valence-corrected chi connectivity index (χ0v) is 16.5. The van der Waals surface area contributed by atoms with Crippen molar-refractivity contribution in [3.8, 4) is 17.3 Å². The number of piperidine rings is 1. The van der Waals surface area contributed by atoms with E-state index in [0.29, 0.717) is 17.2 Å². The molecule has 2 aromatic carbocycles. The topological polar surface area (TPSA) is 79.6 Å². The number of benzene rings is 2. The van der Waals surface area contributed by atoms with Gasteiger partial charge in [-0.1, -0.05) is 24.3 Å². The van der Waals surface area contributed by atoms with Crippen molar-refractivity contribution in [1.82, 2.24) is 14.9 Å². The van der Waals surface area contributed by atoms with Crippen LogP contribution < -0.4 is 0 Å². The fourth-order valence-corrected chi connectivity index (χ4v) is 3.86. The van der Waals surface area contributed by atoms with E-state index < -0.39 is 0 Å². The lowest BCUT2D eigenvalue weighted by atomic mass is 9.95. The number of hydrogen-bond donors (Lipinski definition) is 2. The molecular formula is C24H22FN5. The first-order valence-corrected chi connectivity index (χ1v) is 9.98. The number of nitrogens with zero attached hydrogens (tertiary/aromatic N) is 3. The molecule has 30 heavy (non-hydrogen) atoms. The van der Waals surface area contributed by atoms with Crippen LogP contribution in [0.1, 0.15) is 42.3 Å². The summed E-state index contributed by atoms with van der Waals surface area (Å²) in [5.41, 5.74) is 3.20. The van der Waals surface area contributed by atoms with Gasteiger partial charge in [-0.3, -0.25) is 5.41 Å². The average molecular weight is 399 g/mol. The molecule has 0 spiro atoms. The Morgan fingerprint density at radius 3 is 2.93 bits per heavy atom. The molecule has 1 aliphatic rings. The monoisotopic (exact) mass is 399 g/mol. The van der Waals surface area contributed by atoms with Crippen molar-refractivity contribution >= 4 is 11.9 Å². The van der Waals surface area contributed by atoms with Gasteiger partial charge in [0, 0.05) is 12.1 Å². The zero-order valence-electron chi connectivity index (χ0n) is 16.5. The van der Waals surface area contributed by atoms with E-state index in [0.717, 1.165) is 42.6 Å². The molecule has 0 bridgehead atoms. The molecule has 4 rings (SSSR count). The second-order valence-corrected chi connectivity index (χ2v) is 7.35. The largest absolute Gasteiger partial charge is 0.350 e. The van der Waals surface area contributed by atoms with Gasteiger partial charge in [0.15, 0.2) is 0 Å². The highest BCUT2D eigenvalue weighted by molar-refractivity contribution is 5.94. The van der Waals surface area contributed by atoms with Crippen LogP contribution in [-0.2, 0) is 0 Å². The Labute approximate surface area is 175 Å². The van der Waals surface area contributed by atoms with E-state index in [1.807, 2.05) is 23.1 Å². The molecule has 0 radical (unpaired) electrons. The number of aromatic nitrogens is 2. The predicted molar refractivity (Wildman–Crippen MR) is 115 cm³/mol. The summed E-state index contributed by atoms with van der Waals surface area (Å²) >= 11 is 0. The summed E-state index contributed by atoms with van der Waals surface area (Å²) in [5.74, 6) is 0.772. The zero-order chi connectivity index (χ0) is 20.9. The second kappa shape index (κ2) is 8.75. The number of rotatable bonds is 4. The van der Waals surface area contributed by atoms with Crippen molar-refractivity contribution in [1.29, 1.82) is 10.7 Å². The minimum atomic E-state index is -0.247. The Balaban J connectivity index is 1.50. The average Bonchev–Trinajstić information content (AvgIpc) is 3.27. The maximum absolute atomic E-state index is 13.7. The Bertz CT molecular complexity index is 1120. The number of hydrogen-bond acceptors (Lipinski definition) is 3. The van der Waals surface area contributed by atoms with Crippen molar-refractivity contribution in [2.75, 3.05) is 6.54 Å². The van der Waals surface area contributed by atoms with Gasteiger partial charge in [0.2, 0.25) is 0 Å². The third kappa shape index (κ3) is 4.31. The van der Waals surface area contributed by atoms with Crippen molar-refractivity contribution in [2.24, 2.45) is 0 Å². The van der Waals surface area contributed by atoms with Gasteiger partial charge in [0.25, 0.3) is 0 Å². The minimum absolute atomic E-state index is 0.00693. The highest BCUT2D eigenvalue weighted by atomic mass is 19.1. The van der Waals surface area contributed by atoms with Gasteiger partial charge < -0.3 is 9.88 Å². The molecule has 6 heteroatoms. The predicted octanol–water partition coefficient (Wildman–Crippen LogP) is 5.31. The Hall–Kier alpha value is -3.72. The fourth-order valence-electron chi connectivity index (χ4n) is 3.86. The molecule has 1 aromatic heterocycles. The van der Waals surface area contributed by atoms with Crippen LogP contribution in [0.5, 0.6) is 0 Å². The Kier molecular flexibility index (Phi) is 5.71.